The Kier molecular flexibility index (Phi) is 9.30. The Balaban J connectivity index is 0.00000306. The van der Waals surface area contributed by atoms with Gasteiger partial charge in [0, 0.05) is 65.5 Å². The second kappa shape index (κ2) is 12.0. The number of piperazine rings is 1. The van der Waals surface area contributed by atoms with Gasteiger partial charge in [-0.25, -0.2) is 0 Å². The van der Waals surface area contributed by atoms with Gasteiger partial charge < -0.3 is 15.1 Å². The fourth-order valence-corrected chi connectivity index (χ4v) is 4.96. The van der Waals surface area contributed by atoms with Gasteiger partial charge in [0.1, 0.15) is 5.82 Å². The Labute approximate surface area is 213 Å². The first-order valence-electron chi connectivity index (χ1n) is 11.8. The predicted molar refractivity (Wildman–Crippen MR) is 141 cm³/mol. The van der Waals surface area contributed by atoms with E-state index >= 15 is 0 Å². The average molecular weight is 569 g/mol. The predicted octanol–water partition coefficient (Wildman–Crippen LogP) is 1.59. The standard InChI is InChI=1S/C23H36N8O.HI/c1-18-14-19(2)16-30(15-18)22(32)17-28-10-12-29(13-11-28)23(24-3)25-8-7-21-27-26-20-6-4-5-9-31(20)21;/h4-6,9,18-19H,7-8,10-17H2,1-3H3,(H,24,25);1H. The molecule has 2 aromatic heterocycles. The first-order chi connectivity index (χ1) is 15.5. The fourth-order valence-electron chi connectivity index (χ4n) is 4.96. The molecule has 2 unspecified atom stereocenters. The molecule has 182 valence electrons. The van der Waals surface area contributed by atoms with Crippen LogP contribution in [0.1, 0.15) is 26.1 Å². The number of carbonyl (C=O) groups is 1. The molecular weight excluding hydrogens is 531 g/mol. The van der Waals surface area contributed by atoms with Crippen LogP contribution in [0.25, 0.3) is 5.65 Å². The number of pyridine rings is 1. The Bertz CT molecular complexity index is 929. The van der Waals surface area contributed by atoms with Crippen LogP contribution < -0.4 is 5.32 Å². The summed E-state index contributed by atoms with van der Waals surface area (Å²) in [5, 5.41) is 12.0. The summed E-state index contributed by atoms with van der Waals surface area (Å²) in [7, 11) is 1.82. The lowest BCUT2D eigenvalue weighted by atomic mass is 9.92. The Morgan fingerprint density at radius 3 is 2.52 bits per heavy atom. The van der Waals surface area contributed by atoms with Crippen molar-refractivity contribution in [3.63, 3.8) is 0 Å². The summed E-state index contributed by atoms with van der Waals surface area (Å²) in [5.74, 6) is 3.32. The Morgan fingerprint density at radius 2 is 1.82 bits per heavy atom. The highest BCUT2D eigenvalue weighted by molar-refractivity contribution is 14.0. The van der Waals surface area contributed by atoms with E-state index in [9.17, 15) is 4.79 Å². The van der Waals surface area contributed by atoms with Crippen LogP contribution in [0, 0.1) is 11.8 Å². The molecule has 2 saturated heterocycles. The maximum atomic E-state index is 12.8. The molecule has 1 amide bonds. The van der Waals surface area contributed by atoms with Crippen LogP contribution in [0.4, 0.5) is 0 Å². The van der Waals surface area contributed by atoms with Crippen LogP contribution >= 0.6 is 24.0 Å². The van der Waals surface area contributed by atoms with Crippen molar-refractivity contribution in [2.75, 3.05) is 59.4 Å². The number of hydrogen-bond acceptors (Lipinski definition) is 5. The van der Waals surface area contributed by atoms with Crippen LogP contribution in [0.5, 0.6) is 0 Å². The summed E-state index contributed by atoms with van der Waals surface area (Å²) >= 11 is 0. The van der Waals surface area contributed by atoms with Crippen molar-refractivity contribution in [3.05, 3.63) is 30.2 Å². The van der Waals surface area contributed by atoms with E-state index in [0.29, 0.717) is 18.4 Å². The van der Waals surface area contributed by atoms with Crippen LogP contribution in [0.15, 0.2) is 29.4 Å². The minimum Gasteiger partial charge on any atom is -0.356 e. The molecule has 0 aromatic carbocycles. The zero-order chi connectivity index (χ0) is 22.5. The highest BCUT2D eigenvalue weighted by Gasteiger charge is 2.28. The monoisotopic (exact) mass is 568 g/mol. The van der Waals surface area contributed by atoms with Crippen molar-refractivity contribution in [1.29, 1.82) is 0 Å². The third-order valence-electron chi connectivity index (χ3n) is 6.48. The minimum atomic E-state index is 0. The molecule has 0 aliphatic carbocycles. The fraction of sp³-hybridized carbons (Fsp3) is 0.652. The van der Waals surface area contributed by atoms with Gasteiger partial charge in [-0.1, -0.05) is 19.9 Å². The molecule has 33 heavy (non-hydrogen) atoms. The zero-order valence-electron chi connectivity index (χ0n) is 20.0. The van der Waals surface area contributed by atoms with Crippen molar-refractivity contribution >= 4 is 41.5 Å². The highest BCUT2D eigenvalue weighted by atomic mass is 127. The third-order valence-corrected chi connectivity index (χ3v) is 6.48. The molecular formula is C23H37IN8O. The SMILES string of the molecule is CN=C(NCCc1nnc2ccccn12)N1CCN(CC(=O)N2CC(C)CC(C)C2)CC1.I. The molecule has 4 rings (SSSR count). The normalized spacial score (nSPS) is 22.3. The smallest absolute Gasteiger partial charge is 0.236 e. The topological polar surface area (TPSA) is 81.4 Å². The van der Waals surface area contributed by atoms with E-state index < -0.39 is 0 Å². The number of likely N-dealkylation sites (tertiary alicyclic amines) is 1. The van der Waals surface area contributed by atoms with Gasteiger partial charge in [-0.05, 0) is 30.4 Å². The first kappa shape index (κ1) is 25.7. The molecule has 2 fully saturated rings. The summed E-state index contributed by atoms with van der Waals surface area (Å²) in [4.78, 5) is 23.9. The van der Waals surface area contributed by atoms with Crippen LogP contribution in [-0.4, -0.2) is 101 Å². The third kappa shape index (κ3) is 6.56. The number of rotatable bonds is 5. The van der Waals surface area contributed by atoms with E-state index in [1.54, 1.807) is 0 Å². The largest absolute Gasteiger partial charge is 0.356 e. The summed E-state index contributed by atoms with van der Waals surface area (Å²) in [6, 6.07) is 5.91. The number of nitrogens with zero attached hydrogens (tertiary/aromatic N) is 7. The Hall–Kier alpha value is -1.95. The quantitative estimate of drug-likeness (QED) is 0.336. The van der Waals surface area contributed by atoms with E-state index in [1.165, 1.54) is 6.42 Å². The number of piperidine rings is 1. The van der Waals surface area contributed by atoms with Crippen molar-refractivity contribution in [3.8, 4) is 0 Å². The van der Waals surface area contributed by atoms with Gasteiger partial charge in [-0.3, -0.25) is 19.1 Å². The second-order valence-corrected chi connectivity index (χ2v) is 9.28. The molecule has 2 atom stereocenters. The van der Waals surface area contributed by atoms with Crippen LogP contribution in [0.2, 0.25) is 0 Å². The molecule has 2 aliphatic rings. The summed E-state index contributed by atoms with van der Waals surface area (Å²) in [6.45, 7) is 11.1. The van der Waals surface area contributed by atoms with Gasteiger partial charge in [-0.2, -0.15) is 0 Å². The second-order valence-electron chi connectivity index (χ2n) is 9.28. The highest BCUT2D eigenvalue weighted by Crippen LogP contribution is 2.21. The molecule has 0 saturated carbocycles. The maximum Gasteiger partial charge on any atom is 0.236 e. The van der Waals surface area contributed by atoms with Gasteiger partial charge in [0.15, 0.2) is 11.6 Å². The van der Waals surface area contributed by atoms with Gasteiger partial charge in [0.25, 0.3) is 0 Å². The van der Waals surface area contributed by atoms with Gasteiger partial charge in [-0.15, -0.1) is 34.2 Å². The number of halogens is 1. The van der Waals surface area contributed by atoms with Crippen molar-refractivity contribution in [2.45, 2.75) is 26.7 Å². The van der Waals surface area contributed by atoms with Crippen LogP contribution in [-0.2, 0) is 11.2 Å². The molecule has 2 aromatic rings. The molecule has 0 radical (unpaired) electrons. The molecule has 2 aliphatic heterocycles. The lowest BCUT2D eigenvalue weighted by Crippen LogP contribution is -2.55. The number of hydrogen-bond donors (Lipinski definition) is 1. The number of carbonyl (C=O) groups excluding carboxylic acids is 1. The number of guanidine groups is 1. The minimum absolute atomic E-state index is 0. The summed E-state index contributed by atoms with van der Waals surface area (Å²) < 4.78 is 2.02. The van der Waals surface area contributed by atoms with E-state index in [-0.39, 0.29) is 29.9 Å². The number of aromatic nitrogens is 3. The number of aliphatic imine (C=N–C) groups is 1. The molecule has 10 heteroatoms. The molecule has 9 nitrogen and oxygen atoms in total. The van der Waals surface area contributed by atoms with Crippen molar-refractivity contribution in [2.24, 2.45) is 16.8 Å². The molecule has 0 spiro atoms. The first-order valence-corrected chi connectivity index (χ1v) is 11.8. The average Bonchev–Trinajstić information content (AvgIpc) is 3.20. The Morgan fingerprint density at radius 1 is 1.09 bits per heavy atom. The number of amides is 1. The molecule has 4 heterocycles. The van der Waals surface area contributed by atoms with Crippen molar-refractivity contribution in [1.82, 2.24) is 34.6 Å². The summed E-state index contributed by atoms with van der Waals surface area (Å²) in [6.07, 6.45) is 3.98. The van der Waals surface area contributed by atoms with Crippen molar-refractivity contribution < 1.29 is 4.79 Å². The van der Waals surface area contributed by atoms with E-state index in [0.717, 1.165) is 69.7 Å². The summed E-state index contributed by atoms with van der Waals surface area (Å²) in [5.41, 5.74) is 0.867. The van der Waals surface area contributed by atoms with E-state index in [1.807, 2.05) is 35.8 Å². The number of nitrogens with one attached hydrogen (secondary N) is 1. The molecule has 0 bridgehead atoms. The van der Waals surface area contributed by atoms with E-state index in [4.69, 9.17) is 0 Å². The van der Waals surface area contributed by atoms with Gasteiger partial charge in [0.05, 0.1) is 6.54 Å². The van der Waals surface area contributed by atoms with Gasteiger partial charge >= 0.3 is 0 Å². The lowest BCUT2D eigenvalue weighted by molar-refractivity contribution is -0.135. The maximum absolute atomic E-state index is 12.8. The lowest BCUT2D eigenvalue weighted by Gasteiger charge is -2.39. The number of fused-ring (bicyclic) bond motifs is 1. The molecule has 1 N–H and O–H groups in total. The van der Waals surface area contributed by atoms with Gasteiger partial charge in [0.2, 0.25) is 5.91 Å². The zero-order valence-corrected chi connectivity index (χ0v) is 22.3. The van der Waals surface area contributed by atoms with Crippen LogP contribution in [0.3, 0.4) is 0 Å². The van der Waals surface area contributed by atoms with E-state index in [2.05, 4.69) is 49.1 Å².